The van der Waals surface area contributed by atoms with Gasteiger partial charge in [0.2, 0.25) is 5.76 Å². The van der Waals surface area contributed by atoms with Gasteiger partial charge in [0.25, 0.3) is 5.56 Å². The molecule has 94 valence electrons. The lowest BCUT2D eigenvalue weighted by Gasteiger charge is -2.03. The number of aromatic carboxylic acids is 1. The standard InChI is InChI=1S/C11H11N3O4/c1-14-5-4-12-9(10(14)15)13-6-7-2-3-8(18-7)11(16)17/h2-5H,6H2,1H3,(H,12,13)(H,16,17). The summed E-state index contributed by atoms with van der Waals surface area (Å²) in [6, 6.07) is 2.89. The molecule has 2 aromatic heterocycles. The molecule has 0 aromatic carbocycles. The van der Waals surface area contributed by atoms with Gasteiger partial charge in [0.1, 0.15) is 5.76 Å². The molecule has 2 N–H and O–H groups in total. The molecule has 0 fully saturated rings. The number of hydrogen-bond donors (Lipinski definition) is 2. The van der Waals surface area contributed by atoms with Crippen molar-refractivity contribution >= 4 is 11.8 Å². The van der Waals surface area contributed by atoms with Gasteiger partial charge in [0.15, 0.2) is 5.82 Å². The van der Waals surface area contributed by atoms with Crippen LogP contribution in [0.1, 0.15) is 16.3 Å². The fourth-order valence-corrected chi connectivity index (χ4v) is 1.38. The summed E-state index contributed by atoms with van der Waals surface area (Å²) >= 11 is 0. The monoisotopic (exact) mass is 249 g/mol. The first-order valence-electron chi connectivity index (χ1n) is 5.15. The van der Waals surface area contributed by atoms with Crippen molar-refractivity contribution in [2.24, 2.45) is 7.05 Å². The van der Waals surface area contributed by atoms with Gasteiger partial charge in [-0.2, -0.15) is 0 Å². The quantitative estimate of drug-likeness (QED) is 0.827. The molecule has 0 saturated carbocycles. The molecule has 0 aliphatic rings. The molecule has 18 heavy (non-hydrogen) atoms. The van der Waals surface area contributed by atoms with Gasteiger partial charge in [-0.1, -0.05) is 0 Å². The number of carbonyl (C=O) groups is 1. The number of furan rings is 1. The third-order valence-electron chi connectivity index (χ3n) is 2.32. The van der Waals surface area contributed by atoms with Crippen molar-refractivity contribution in [3.8, 4) is 0 Å². The molecule has 7 nitrogen and oxygen atoms in total. The second-order valence-electron chi connectivity index (χ2n) is 3.62. The van der Waals surface area contributed by atoms with Crippen molar-refractivity contribution < 1.29 is 14.3 Å². The first-order valence-corrected chi connectivity index (χ1v) is 5.15. The predicted molar refractivity (Wildman–Crippen MR) is 62.5 cm³/mol. The molecule has 0 spiro atoms. The third kappa shape index (κ3) is 2.40. The van der Waals surface area contributed by atoms with Crippen molar-refractivity contribution in [3.63, 3.8) is 0 Å². The number of nitrogens with zero attached hydrogens (tertiary/aromatic N) is 2. The Hall–Kier alpha value is -2.57. The van der Waals surface area contributed by atoms with Gasteiger partial charge >= 0.3 is 5.97 Å². The lowest BCUT2D eigenvalue weighted by atomic mass is 10.4. The van der Waals surface area contributed by atoms with Crippen LogP contribution in [0.15, 0.2) is 33.7 Å². The SMILES string of the molecule is Cn1ccnc(NCc2ccc(C(=O)O)o2)c1=O. The average molecular weight is 249 g/mol. The Morgan fingerprint density at radius 1 is 1.56 bits per heavy atom. The highest BCUT2D eigenvalue weighted by Crippen LogP contribution is 2.08. The molecule has 0 amide bonds. The Morgan fingerprint density at radius 2 is 2.33 bits per heavy atom. The highest BCUT2D eigenvalue weighted by atomic mass is 16.4. The zero-order valence-electron chi connectivity index (χ0n) is 9.58. The Kier molecular flexibility index (Phi) is 3.13. The van der Waals surface area contributed by atoms with E-state index < -0.39 is 5.97 Å². The fourth-order valence-electron chi connectivity index (χ4n) is 1.38. The number of hydrogen-bond acceptors (Lipinski definition) is 5. The van der Waals surface area contributed by atoms with E-state index in [-0.39, 0.29) is 23.7 Å². The first-order chi connectivity index (χ1) is 8.58. The van der Waals surface area contributed by atoms with E-state index in [1.54, 1.807) is 13.2 Å². The van der Waals surface area contributed by atoms with E-state index in [4.69, 9.17) is 9.52 Å². The largest absolute Gasteiger partial charge is 0.475 e. The number of anilines is 1. The average Bonchev–Trinajstić information content (AvgIpc) is 2.80. The molecule has 7 heteroatoms. The zero-order chi connectivity index (χ0) is 13.1. The molecule has 0 saturated heterocycles. The van der Waals surface area contributed by atoms with Gasteiger partial charge < -0.3 is 19.4 Å². The predicted octanol–water partition coefficient (Wildman–Crippen LogP) is 0.684. The summed E-state index contributed by atoms with van der Waals surface area (Å²) in [6.45, 7) is 0.194. The summed E-state index contributed by atoms with van der Waals surface area (Å²) in [6.07, 6.45) is 3.04. The molecule has 0 aliphatic heterocycles. The van der Waals surface area contributed by atoms with Crippen LogP contribution in [-0.4, -0.2) is 20.6 Å². The van der Waals surface area contributed by atoms with Crippen LogP contribution >= 0.6 is 0 Å². The maximum absolute atomic E-state index is 11.6. The number of rotatable bonds is 4. The Labute approximate surface area is 102 Å². The van der Waals surface area contributed by atoms with Crippen LogP contribution in [0, 0.1) is 0 Å². The highest BCUT2D eigenvalue weighted by Gasteiger charge is 2.09. The van der Waals surface area contributed by atoms with Crippen LogP contribution < -0.4 is 10.9 Å². The molecule has 2 aromatic rings. The summed E-state index contributed by atoms with van der Waals surface area (Å²) < 4.78 is 6.43. The van der Waals surface area contributed by atoms with Crippen molar-refractivity contribution in [1.29, 1.82) is 0 Å². The van der Waals surface area contributed by atoms with Crippen molar-refractivity contribution in [2.45, 2.75) is 6.54 Å². The second kappa shape index (κ2) is 4.74. The van der Waals surface area contributed by atoms with Crippen LogP contribution in [0.5, 0.6) is 0 Å². The van der Waals surface area contributed by atoms with E-state index in [1.807, 2.05) is 0 Å². The minimum Gasteiger partial charge on any atom is -0.475 e. The molecule has 0 unspecified atom stereocenters. The molecule has 0 bridgehead atoms. The van der Waals surface area contributed by atoms with Crippen LogP contribution in [0.3, 0.4) is 0 Å². The van der Waals surface area contributed by atoms with E-state index in [2.05, 4.69) is 10.3 Å². The Morgan fingerprint density at radius 3 is 3.00 bits per heavy atom. The number of carboxylic acid groups (broad SMARTS) is 1. The lowest BCUT2D eigenvalue weighted by Crippen LogP contribution is -2.21. The minimum absolute atomic E-state index is 0.138. The summed E-state index contributed by atoms with van der Waals surface area (Å²) in [5, 5.41) is 11.5. The summed E-state index contributed by atoms with van der Waals surface area (Å²) in [5.74, 6) is -0.663. The molecule has 0 aliphatic carbocycles. The van der Waals surface area contributed by atoms with Gasteiger partial charge in [-0.3, -0.25) is 4.79 Å². The smallest absolute Gasteiger partial charge is 0.371 e. The van der Waals surface area contributed by atoms with Gasteiger partial charge in [-0.15, -0.1) is 0 Å². The van der Waals surface area contributed by atoms with Crippen LogP contribution in [0.2, 0.25) is 0 Å². The van der Waals surface area contributed by atoms with Gasteiger partial charge in [0.05, 0.1) is 6.54 Å². The zero-order valence-corrected chi connectivity index (χ0v) is 9.58. The van der Waals surface area contributed by atoms with Crippen LogP contribution in [0.25, 0.3) is 0 Å². The van der Waals surface area contributed by atoms with E-state index in [0.29, 0.717) is 5.76 Å². The van der Waals surface area contributed by atoms with Crippen LogP contribution in [0.4, 0.5) is 5.82 Å². The van der Waals surface area contributed by atoms with Gasteiger partial charge in [-0.25, -0.2) is 9.78 Å². The van der Waals surface area contributed by atoms with Crippen molar-refractivity contribution in [1.82, 2.24) is 9.55 Å². The lowest BCUT2D eigenvalue weighted by molar-refractivity contribution is 0.0660. The fraction of sp³-hybridized carbons (Fsp3) is 0.182. The first kappa shape index (κ1) is 11.9. The topological polar surface area (TPSA) is 97.4 Å². The van der Waals surface area contributed by atoms with Crippen LogP contribution in [-0.2, 0) is 13.6 Å². The number of aromatic nitrogens is 2. The van der Waals surface area contributed by atoms with Gasteiger partial charge in [0, 0.05) is 19.4 Å². The van der Waals surface area contributed by atoms with Gasteiger partial charge in [-0.05, 0) is 12.1 Å². The molecular weight excluding hydrogens is 238 g/mol. The van der Waals surface area contributed by atoms with Crippen molar-refractivity contribution in [3.05, 3.63) is 46.4 Å². The number of aryl methyl sites for hydroxylation is 1. The summed E-state index contributed by atoms with van der Waals surface area (Å²) in [7, 11) is 1.62. The van der Waals surface area contributed by atoms with E-state index in [0.717, 1.165) is 0 Å². The molecular formula is C11H11N3O4. The second-order valence-corrected chi connectivity index (χ2v) is 3.62. The van der Waals surface area contributed by atoms with E-state index in [1.165, 1.54) is 22.9 Å². The molecule has 2 heterocycles. The van der Waals surface area contributed by atoms with E-state index in [9.17, 15) is 9.59 Å². The summed E-state index contributed by atoms with van der Waals surface area (Å²) in [5.41, 5.74) is -0.262. The maximum Gasteiger partial charge on any atom is 0.371 e. The maximum atomic E-state index is 11.6. The Bertz CT molecular complexity index is 629. The van der Waals surface area contributed by atoms with E-state index >= 15 is 0 Å². The molecule has 0 atom stereocenters. The Balaban J connectivity index is 2.09. The van der Waals surface area contributed by atoms with Crippen molar-refractivity contribution in [2.75, 3.05) is 5.32 Å². The molecule has 2 rings (SSSR count). The highest BCUT2D eigenvalue weighted by molar-refractivity contribution is 5.84. The number of carboxylic acids is 1. The minimum atomic E-state index is -1.13. The molecule has 0 radical (unpaired) electrons. The number of nitrogens with one attached hydrogen (secondary N) is 1. The summed E-state index contributed by atoms with van der Waals surface area (Å²) in [4.78, 5) is 26.1. The third-order valence-corrected chi connectivity index (χ3v) is 2.32. The normalized spacial score (nSPS) is 10.3.